The van der Waals surface area contributed by atoms with Crippen molar-refractivity contribution in [2.75, 3.05) is 17.3 Å². The first-order valence-electron chi connectivity index (χ1n) is 5.03. The Bertz CT molecular complexity index is 477. The van der Waals surface area contributed by atoms with Crippen LogP contribution in [0.4, 0.5) is 5.95 Å². The number of hydrogen-bond donors (Lipinski definition) is 1. The SMILES string of the molecule is CC(CS(C)=O)Nc1nc2ccccn2n1. The Morgan fingerprint density at radius 3 is 3.06 bits per heavy atom. The Kier molecular flexibility index (Phi) is 3.19. The Balaban J connectivity index is 2.12. The van der Waals surface area contributed by atoms with Gasteiger partial charge in [-0.15, -0.1) is 5.10 Å². The molecule has 1 N–H and O–H groups in total. The molecule has 2 atom stereocenters. The van der Waals surface area contributed by atoms with Gasteiger partial charge in [0, 0.05) is 35.0 Å². The lowest BCUT2D eigenvalue weighted by Gasteiger charge is -2.09. The van der Waals surface area contributed by atoms with Crippen LogP contribution in [0.2, 0.25) is 0 Å². The van der Waals surface area contributed by atoms with E-state index in [0.717, 1.165) is 5.65 Å². The molecule has 16 heavy (non-hydrogen) atoms. The molecule has 2 rings (SSSR count). The van der Waals surface area contributed by atoms with Crippen LogP contribution in [0.15, 0.2) is 24.4 Å². The fraction of sp³-hybridized carbons (Fsp3) is 0.400. The van der Waals surface area contributed by atoms with Crippen molar-refractivity contribution in [2.24, 2.45) is 0 Å². The quantitative estimate of drug-likeness (QED) is 0.860. The topological polar surface area (TPSA) is 59.3 Å². The lowest BCUT2D eigenvalue weighted by molar-refractivity contribution is 0.682. The molecule has 0 aliphatic rings. The van der Waals surface area contributed by atoms with E-state index < -0.39 is 10.8 Å². The smallest absolute Gasteiger partial charge is 0.243 e. The summed E-state index contributed by atoms with van der Waals surface area (Å²) in [5.41, 5.74) is 0.801. The Morgan fingerprint density at radius 1 is 1.56 bits per heavy atom. The van der Waals surface area contributed by atoms with Gasteiger partial charge in [0.25, 0.3) is 0 Å². The summed E-state index contributed by atoms with van der Waals surface area (Å²) in [7, 11) is -0.812. The third-order valence-electron chi connectivity index (χ3n) is 2.10. The summed E-state index contributed by atoms with van der Waals surface area (Å²) in [6, 6.07) is 5.80. The molecule has 0 radical (unpaired) electrons. The highest BCUT2D eigenvalue weighted by Gasteiger charge is 2.08. The number of aromatic nitrogens is 3. The maximum atomic E-state index is 11.0. The summed E-state index contributed by atoms with van der Waals surface area (Å²) < 4.78 is 12.7. The molecule has 6 heteroatoms. The molecule has 0 spiro atoms. The first-order valence-corrected chi connectivity index (χ1v) is 6.76. The van der Waals surface area contributed by atoms with Crippen molar-refractivity contribution in [1.29, 1.82) is 0 Å². The summed E-state index contributed by atoms with van der Waals surface area (Å²) >= 11 is 0. The summed E-state index contributed by atoms with van der Waals surface area (Å²) in [5, 5.41) is 7.38. The molecule has 2 unspecified atom stereocenters. The van der Waals surface area contributed by atoms with Crippen LogP contribution in [0.3, 0.4) is 0 Å². The van der Waals surface area contributed by atoms with Crippen LogP contribution in [-0.2, 0) is 10.8 Å². The lowest BCUT2D eigenvalue weighted by Crippen LogP contribution is -2.22. The van der Waals surface area contributed by atoms with Crippen LogP contribution >= 0.6 is 0 Å². The van der Waals surface area contributed by atoms with Gasteiger partial charge >= 0.3 is 0 Å². The molecule has 2 heterocycles. The van der Waals surface area contributed by atoms with Gasteiger partial charge in [-0.3, -0.25) is 4.21 Å². The maximum Gasteiger partial charge on any atom is 0.243 e. The highest BCUT2D eigenvalue weighted by Crippen LogP contribution is 2.05. The predicted molar refractivity (Wildman–Crippen MR) is 65.0 cm³/mol. The second-order valence-corrected chi connectivity index (χ2v) is 5.20. The molecule has 0 saturated heterocycles. The second kappa shape index (κ2) is 4.61. The number of nitrogens with zero attached hydrogens (tertiary/aromatic N) is 3. The van der Waals surface area contributed by atoms with Gasteiger partial charge in [-0.1, -0.05) is 6.07 Å². The van der Waals surface area contributed by atoms with E-state index in [1.807, 2.05) is 31.3 Å². The van der Waals surface area contributed by atoms with Gasteiger partial charge in [0.1, 0.15) is 0 Å². The molecule has 0 aliphatic carbocycles. The van der Waals surface area contributed by atoms with Gasteiger partial charge in [-0.2, -0.15) is 4.98 Å². The van der Waals surface area contributed by atoms with E-state index in [0.29, 0.717) is 11.7 Å². The van der Waals surface area contributed by atoms with Gasteiger partial charge in [0.2, 0.25) is 5.95 Å². The van der Waals surface area contributed by atoms with E-state index in [1.54, 1.807) is 10.8 Å². The van der Waals surface area contributed by atoms with Crippen LogP contribution in [0, 0.1) is 0 Å². The highest BCUT2D eigenvalue weighted by molar-refractivity contribution is 7.84. The summed E-state index contributed by atoms with van der Waals surface area (Å²) in [4.78, 5) is 4.30. The Labute approximate surface area is 96.3 Å². The van der Waals surface area contributed by atoms with Gasteiger partial charge in [0.15, 0.2) is 5.65 Å². The van der Waals surface area contributed by atoms with E-state index in [-0.39, 0.29) is 6.04 Å². The van der Waals surface area contributed by atoms with Crippen LogP contribution in [0.5, 0.6) is 0 Å². The molecule has 0 bridgehead atoms. The van der Waals surface area contributed by atoms with Crippen LogP contribution in [-0.4, -0.2) is 36.9 Å². The molecular weight excluding hydrogens is 224 g/mol. The number of hydrogen-bond acceptors (Lipinski definition) is 4. The summed E-state index contributed by atoms with van der Waals surface area (Å²) in [5.74, 6) is 1.17. The molecule has 0 amide bonds. The highest BCUT2D eigenvalue weighted by atomic mass is 32.2. The number of anilines is 1. The number of nitrogens with one attached hydrogen (secondary N) is 1. The Hall–Kier alpha value is -1.43. The monoisotopic (exact) mass is 238 g/mol. The van der Waals surface area contributed by atoms with E-state index in [1.165, 1.54) is 0 Å². The van der Waals surface area contributed by atoms with Gasteiger partial charge in [-0.05, 0) is 19.1 Å². The number of fused-ring (bicyclic) bond motifs is 1. The minimum Gasteiger partial charge on any atom is -0.350 e. The molecule has 5 nitrogen and oxygen atoms in total. The van der Waals surface area contributed by atoms with Crippen molar-refractivity contribution < 1.29 is 4.21 Å². The third kappa shape index (κ3) is 2.57. The largest absolute Gasteiger partial charge is 0.350 e. The standard InChI is InChI=1S/C10H14N4OS/c1-8(7-16(2)15)11-10-12-9-5-3-4-6-14(9)13-10/h3-6,8H,7H2,1-2H3,(H,11,13). The third-order valence-corrected chi connectivity index (χ3v) is 3.07. The molecule has 2 aromatic heterocycles. The molecule has 0 aromatic carbocycles. The van der Waals surface area contributed by atoms with E-state index >= 15 is 0 Å². The van der Waals surface area contributed by atoms with Gasteiger partial charge in [-0.25, -0.2) is 4.52 Å². The normalized spacial score (nSPS) is 14.9. The van der Waals surface area contributed by atoms with E-state index in [9.17, 15) is 4.21 Å². The average molecular weight is 238 g/mol. The van der Waals surface area contributed by atoms with Gasteiger partial charge < -0.3 is 5.32 Å². The molecule has 0 fully saturated rings. The van der Waals surface area contributed by atoms with Crippen molar-refractivity contribution in [3.63, 3.8) is 0 Å². The zero-order valence-electron chi connectivity index (χ0n) is 9.25. The first kappa shape index (κ1) is 11.1. The molecule has 2 aromatic rings. The molecule has 0 aliphatic heterocycles. The van der Waals surface area contributed by atoms with Crippen molar-refractivity contribution >= 4 is 22.4 Å². The molecular formula is C10H14N4OS. The van der Waals surface area contributed by atoms with Crippen LogP contribution < -0.4 is 5.32 Å². The fourth-order valence-electron chi connectivity index (χ4n) is 1.51. The van der Waals surface area contributed by atoms with Crippen LogP contribution in [0.25, 0.3) is 5.65 Å². The zero-order chi connectivity index (χ0) is 11.5. The first-order chi connectivity index (χ1) is 7.65. The van der Waals surface area contributed by atoms with Crippen LogP contribution in [0.1, 0.15) is 6.92 Å². The summed E-state index contributed by atoms with van der Waals surface area (Å²) in [6.07, 6.45) is 3.53. The second-order valence-electron chi connectivity index (χ2n) is 3.72. The predicted octanol–water partition coefficient (Wildman–Crippen LogP) is 0.908. The number of pyridine rings is 1. The molecule has 86 valence electrons. The van der Waals surface area contributed by atoms with E-state index in [2.05, 4.69) is 15.4 Å². The van der Waals surface area contributed by atoms with Crippen molar-refractivity contribution in [3.05, 3.63) is 24.4 Å². The summed E-state index contributed by atoms with van der Waals surface area (Å²) in [6.45, 7) is 1.97. The van der Waals surface area contributed by atoms with Gasteiger partial charge in [0.05, 0.1) is 0 Å². The minimum absolute atomic E-state index is 0.100. The fourth-order valence-corrected chi connectivity index (χ4v) is 2.29. The zero-order valence-corrected chi connectivity index (χ0v) is 10.1. The molecule has 0 saturated carbocycles. The average Bonchev–Trinajstić information content (AvgIpc) is 2.57. The Morgan fingerprint density at radius 2 is 2.38 bits per heavy atom. The lowest BCUT2D eigenvalue weighted by atomic mass is 10.4. The van der Waals surface area contributed by atoms with Crippen molar-refractivity contribution in [2.45, 2.75) is 13.0 Å². The van der Waals surface area contributed by atoms with Crippen molar-refractivity contribution in [1.82, 2.24) is 14.6 Å². The number of rotatable bonds is 4. The van der Waals surface area contributed by atoms with Crippen molar-refractivity contribution in [3.8, 4) is 0 Å². The minimum atomic E-state index is -0.812. The maximum absolute atomic E-state index is 11.0. The van der Waals surface area contributed by atoms with E-state index in [4.69, 9.17) is 0 Å².